The summed E-state index contributed by atoms with van der Waals surface area (Å²) in [5.74, 6) is 0. The Morgan fingerprint density at radius 2 is 2.05 bits per heavy atom. The summed E-state index contributed by atoms with van der Waals surface area (Å²) in [7, 11) is 0. The van der Waals surface area contributed by atoms with Gasteiger partial charge in [0, 0.05) is 17.6 Å². The lowest BCUT2D eigenvalue weighted by Crippen LogP contribution is -2.08. The molecule has 20 heavy (non-hydrogen) atoms. The SMILES string of the molecule is O=[N+]([O-])c1cc(CBr)ccc1-n1ccc(C(F)(F)F)n1. The van der Waals surface area contributed by atoms with E-state index in [1.54, 1.807) is 6.07 Å². The summed E-state index contributed by atoms with van der Waals surface area (Å²) in [6.07, 6.45) is -3.55. The van der Waals surface area contributed by atoms with E-state index in [-0.39, 0.29) is 11.4 Å². The fourth-order valence-corrected chi connectivity index (χ4v) is 1.95. The first-order chi connectivity index (χ1) is 9.32. The van der Waals surface area contributed by atoms with E-state index >= 15 is 0 Å². The summed E-state index contributed by atoms with van der Waals surface area (Å²) in [5.41, 5.74) is -0.783. The van der Waals surface area contributed by atoms with Gasteiger partial charge in [-0.05, 0) is 17.7 Å². The fourth-order valence-electron chi connectivity index (χ4n) is 1.60. The van der Waals surface area contributed by atoms with Crippen molar-refractivity contribution in [3.8, 4) is 5.69 Å². The Labute approximate surface area is 119 Å². The van der Waals surface area contributed by atoms with Crippen LogP contribution in [0.5, 0.6) is 0 Å². The van der Waals surface area contributed by atoms with Gasteiger partial charge in [0.25, 0.3) is 5.69 Å². The molecule has 0 saturated heterocycles. The third kappa shape index (κ3) is 2.82. The van der Waals surface area contributed by atoms with Crippen LogP contribution in [0.25, 0.3) is 5.69 Å². The number of benzene rings is 1. The number of aromatic nitrogens is 2. The van der Waals surface area contributed by atoms with E-state index in [4.69, 9.17) is 0 Å². The van der Waals surface area contributed by atoms with Crippen LogP contribution in [0, 0.1) is 10.1 Å². The molecule has 0 aliphatic rings. The Kier molecular flexibility index (Phi) is 3.80. The van der Waals surface area contributed by atoms with Gasteiger partial charge in [-0.15, -0.1) is 0 Å². The summed E-state index contributed by atoms with van der Waals surface area (Å²) in [6.45, 7) is 0. The molecule has 0 fully saturated rings. The van der Waals surface area contributed by atoms with Gasteiger partial charge in [-0.25, -0.2) is 4.68 Å². The zero-order chi connectivity index (χ0) is 14.9. The van der Waals surface area contributed by atoms with Crippen molar-refractivity contribution in [2.75, 3.05) is 0 Å². The summed E-state index contributed by atoms with van der Waals surface area (Å²) in [4.78, 5) is 10.3. The van der Waals surface area contributed by atoms with E-state index in [0.29, 0.717) is 10.9 Å². The largest absolute Gasteiger partial charge is 0.435 e. The first-order valence-corrected chi connectivity index (χ1v) is 6.41. The summed E-state index contributed by atoms with van der Waals surface area (Å²) in [6, 6.07) is 5.00. The molecular formula is C11H7BrF3N3O2. The number of hydrogen-bond donors (Lipinski definition) is 0. The maximum Gasteiger partial charge on any atom is 0.435 e. The van der Waals surface area contributed by atoms with Gasteiger partial charge in [0.2, 0.25) is 0 Å². The van der Waals surface area contributed by atoms with E-state index in [9.17, 15) is 23.3 Å². The molecule has 0 unspecified atom stereocenters. The number of nitro groups is 1. The average Bonchev–Trinajstić information content (AvgIpc) is 2.87. The average molecular weight is 350 g/mol. The van der Waals surface area contributed by atoms with Crippen LogP contribution in [-0.4, -0.2) is 14.7 Å². The van der Waals surface area contributed by atoms with E-state index in [2.05, 4.69) is 21.0 Å². The molecule has 106 valence electrons. The van der Waals surface area contributed by atoms with E-state index in [0.717, 1.165) is 16.9 Å². The number of hydrogen-bond acceptors (Lipinski definition) is 3. The highest BCUT2D eigenvalue weighted by atomic mass is 79.9. The minimum Gasteiger partial charge on any atom is -0.258 e. The molecule has 9 heteroatoms. The Morgan fingerprint density at radius 1 is 1.35 bits per heavy atom. The van der Waals surface area contributed by atoms with Gasteiger partial charge in [0.05, 0.1) is 4.92 Å². The molecule has 0 aliphatic heterocycles. The lowest BCUT2D eigenvalue weighted by atomic mass is 10.2. The Bertz CT molecular complexity index is 655. The van der Waals surface area contributed by atoms with Crippen molar-refractivity contribution in [2.24, 2.45) is 0 Å². The van der Waals surface area contributed by atoms with Crippen LogP contribution in [0.15, 0.2) is 30.5 Å². The van der Waals surface area contributed by atoms with E-state index in [1.165, 1.54) is 12.1 Å². The van der Waals surface area contributed by atoms with Crippen LogP contribution >= 0.6 is 15.9 Å². The van der Waals surface area contributed by atoms with Gasteiger partial charge < -0.3 is 0 Å². The molecule has 0 radical (unpaired) electrons. The van der Waals surface area contributed by atoms with Gasteiger partial charge >= 0.3 is 6.18 Å². The van der Waals surface area contributed by atoms with Crippen LogP contribution < -0.4 is 0 Å². The minimum atomic E-state index is -4.59. The van der Waals surface area contributed by atoms with Crippen LogP contribution in [0.1, 0.15) is 11.3 Å². The molecule has 0 bridgehead atoms. The second-order valence-electron chi connectivity index (χ2n) is 3.86. The highest BCUT2D eigenvalue weighted by Crippen LogP contribution is 2.30. The van der Waals surface area contributed by atoms with Crippen LogP contribution in [0.3, 0.4) is 0 Å². The second-order valence-corrected chi connectivity index (χ2v) is 4.42. The predicted molar refractivity (Wildman–Crippen MR) is 67.9 cm³/mol. The third-order valence-corrected chi connectivity index (χ3v) is 3.16. The molecule has 0 atom stereocenters. The molecule has 2 aromatic rings. The predicted octanol–water partition coefficient (Wildman–Crippen LogP) is 3.69. The van der Waals surface area contributed by atoms with Crippen molar-refractivity contribution < 1.29 is 18.1 Å². The zero-order valence-corrected chi connectivity index (χ0v) is 11.3. The normalized spacial score (nSPS) is 11.6. The summed E-state index contributed by atoms with van der Waals surface area (Å²) < 4.78 is 38.3. The van der Waals surface area contributed by atoms with Crippen LogP contribution in [-0.2, 0) is 11.5 Å². The van der Waals surface area contributed by atoms with Gasteiger partial charge in [-0.3, -0.25) is 10.1 Å². The van der Waals surface area contributed by atoms with E-state index < -0.39 is 16.8 Å². The molecule has 0 amide bonds. The first kappa shape index (κ1) is 14.5. The number of alkyl halides is 4. The molecule has 2 rings (SSSR count). The summed E-state index contributed by atoms with van der Waals surface area (Å²) in [5, 5.41) is 14.7. The molecular weight excluding hydrogens is 343 g/mol. The third-order valence-electron chi connectivity index (χ3n) is 2.52. The van der Waals surface area contributed by atoms with Crippen molar-refractivity contribution >= 4 is 21.6 Å². The maximum absolute atomic E-state index is 12.5. The number of nitro benzene ring substituents is 1. The molecule has 1 aromatic carbocycles. The smallest absolute Gasteiger partial charge is 0.258 e. The van der Waals surface area contributed by atoms with Crippen LogP contribution in [0.2, 0.25) is 0 Å². The van der Waals surface area contributed by atoms with Crippen molar-refractivity contribution in [1.82, 2.24) is 9.78 Å². The molecule has 1 heterocycles. The molecule has 0 aliphatic carbocycles. The molecule has 1 aromatic heterocycles. The Morgan fingerprint density at radius 3 is 2.55 bits per heavy atom. The zero-order valence-electron chi connectivity index (χ0n) is 9.76. The standard InChI is InChI=1S/C11H7BrF3N3O2/c12-6-7-1-2-8(9(5-7)18(19)20)17-4-3-10(16-17)11(13,14)15/h1-5H,6H2. The van der Waals surface area contributed by atoms with Crippen molar-refractivity contribution in [3.05, 3.63) is 51.8 Å². The van der Waals surface area contributed by atoms with E-state index in [1.807, 2.05) is 0 Å². The summed E-state index contributed by atoms with van der Waals surface area (Å²) >= 11 is 3.16. The van der Waals surface area contributed by atoms with Gasteiger partial charge in [-0.2, -0.15) is 18.3 Å². The molecule has 0 spiro atoms. The highest BCUT2D eigenvalue weighted by Gasteiger charge is 2.34. The maximum atomic E-state index is 12.5. The molecule has 5 nitrogen and oxygen atoms in total. The second kappa shape index (κ2) is 5.23. The number of halogens is 4. The highest BCUT2D eigenvalue weighted by molar-refractivity contribution is 9.08. The molecule has 0 saturated carbocycles. The fraction of sp³-hybridized carbons (Fsp3) is 0.182. The topological polar surface area (TPSA) is 61.0 Å². The Balaban J connectivity index is 2.52. The Hall–Kier alpha value is -1.90. The lowest BCUT2D eigenvalue weighted by molar-refractivity contribution is -0.384. The number of rotatable bonds is 3. The lowest BCUT2D eigenvalue weighted by Gasteiger charge is -2.05. The quantitative estimate of drug-likeness (QED) is 0.482. The van der Waals surface area contributed by atoms with Gasteiger partial charge in [0.1, 0.15) is 5.69 Å². The van der Waals surface area contributed by atoms with Crippen LogP contribution in [0.4, 0.5) is 18.9 Å². The minimum absolute atomic E-state index is 0.0183. The monoisotopic (exact) mass is 349 g/mol. The first-order valence-electron chi connectivity index (χ1n) is 5.29. The van der Waals surface area contributed by atoms with Gasteiger partial charge in [0.15, 0.2) is 5.69 Å². The molecule has 0 N–H and O–H groups in total. The number of nitrogens with zero attached hydrogens (tertiary/aromatic N) is 3. The van der Waals surface area contributed by atoms with Crippen molar-refractivity contribution in [2.45, 2.75) is 11.5 Å². The van der Waals surface area contributed by atoms with Crippen molar-refractivity contribution in [3.63, 3.8) is 0 Å². The van der Waals surface area contributed by atoms with Crippen molar-refractivity contribution in [1.29, 1.82) is 0 Å². The van der Waals surface area contributed by atoms with Gasteiger partial charge in [-0.1, -0.05) is 22.0 Å².